The molecule has 1 aliphatic rings. The van der Waals surface area contributed by atoms with Crippen molar-refractivity contribution in [2.24, 2.45) is 0 Å². The van der Waals surface area contributed by atoms with Crippen molar-refractivity contribution >= 4 is 0 Å². The summed E-state index contributed by atoms with van der Waals surface area (Å²) in [5.74, 6) is 0. The molecule has 0 aliphatic carbocycles. The highest BCUT2D eigenvalue weighted by molar-refractivity contribution is 5.24. The fourth-order valence-electron chi connectivity index (χ4n) is 2.95. The zero-order valence-corrected chi connectivity index (χ0v) is 12.0. The maximum absolute atomic E-state index is 3.47. The first-order valence-corrected chi connectivity index (χ1v) is 7.12. The van der Waals surface area contributed by atoms with Crippen LogP contribution in [-0.2, 0) is 12.8 Å². The van der Waals surface area contributed by atoms with Crippen molar-refractivity contribution in [2.75, 3.05) is 27.2 Å². The SMILES string of the molecule is CCc1ccc(CC2(N(C)C)CCNCC2)cc1. The number of nitrogens with one attached hydrogen (secondary N) is 1. The average molecular weight is 246 g/mol. The van der Waals surface area contributed by atoms with Crippen molar-refractivity contribution in [3.8, 4) is 0 Å². The Morgan fingerprint density at radius 3 is 2.11 bits per heavy atom. The Kier molecular flexibility index (Phi) is 4.41. The molecule has 2 rings (SSSR count). The molecule has 1 aromatic carbocycles. The summed E-state index contributed by atoms with van der Waals surface area (Å²) in [5, 5.41) is 3.47. The molecule has 1 aromatic rings. The van der Waals surface area contributed by atoms with Crippen molar-refractivity contribution < 1.29 is 0 Å². The molecule has 0 amide bonds. The maximum Gasteiger partial charge on any atom is 0.0267 e. The van der Waals surface area contributed by atoms with E-state index in [0.717, 1.165) is 19.5 Å². The summed E-state index contributed by atoms with van der Waals surface area (Å²) in [6, 6.07) is 9.18. The van der Waals surface area contributed by atoms with Gasteiger partial charge in [0, 0.05) is 5.54 Å². The van der Waals surface area contributed by atoms with E-state index >= 15 is 0 Å². The summed E-state index contributed by atoms with van der Waals surface area (Å²) < 4.78 is 0. The minimum absolute atomic E-state index is 0.346. The van der Waals surface area contributed by atoms with Crippen LogP contribution in [0.3, 0.4) is 0 Å². The van der Waals surface area contributed by atoms with Crippen LogP contribution in [-0.4, -0.2) is 37.6 Å². The molecule has 1 N–H and O–H groups in total. The first kappa shape index (κ1) is 13.6. The highest BCUT2D eigenvalue weighted by atomic mass is 15.2. The second-order valence-corrected chi connectivity index (χ2v) is 5.72. The van der Waals surface area contributed by atoms with E-state index in [-0.39, 0.29) is 0 Å². The smallest absolute Gasteiger partial charge is 0.0267 e. The molecule has 100 valence electrons. The average Bonchev–Trinajstić information content (AvgIpc) is 2.40. The van der Waals surface area contributed by atoms with Gasteiger partial charge < -0.3 is 10.2 Å². The molecule has 1 saturated heterocycles. The number of nitrogens with zero attached hydrogens (tertiary/aromatic N) is 1. The van der Waals surface area contributed by atoms with Crippen LogP contribution in [0.25, 0.3) is 0 Å². The Balaban J connectivity index is 2.12. The van der Waals surface area contributed by atoms with Crippen LogP contribution >= 0.6 is 0 Å². The molecular weight excluding hydrogens is 220 g/mol. The second-order valence-electron chi connectivity index (χ2n) is 5.72. The number of aryl methyl sites for hydroxylation is 1. The van der Waals surface area contributed by atoms with Crippen LogP contribution in [0.1, 0.15) is 30.9 Å². The Bertz CT molecular complexity index is 361. The van der Waals surface area contributed by atoms with Gasteiger partial charge >= 0.3 is 0 Å². The zero-order valence-electron chi connectivity index (χ0n) is 12.0. The van der Waals surface area contributed by atoms with Crippen LogP contribution in [0.15, 0.2) is 24.3 Å². The third kappa shape index (κ3) is 2.93. The molecule has 0 radical (unpaired) electrons. The molecule has 2 heteroatoms. The monoisotopic (exact) mass is 246 g/mol. The maximum atomic E-state index is 3.47. The van der Waals surface area contributed by atoms with E-state index in [2.05, 4.69) is 55.5 Å². The van der Waals surface area contributed by atoms with Crippen molar-refractivity contribution in [3.63, 3.8) is 0 Å². The minimum atomic E-state index is 0.346. The lowest BCUT2D eigenvalue weighted by Gasteiger charge is -2.43. The summed E-state index contributed by atoms with van der Waals surface area (Å²) in [6.45, 7) is 4.50. The summed E-state index contributed by atoms with van der Waals surface area (Å²) in [6.07, 6.45) is 4.79. The summed E-state index contributed by atoms with van der Waals surface area (Å²) >= 11 is 0. The molecule has 1 aliphatic heterocycles. The van der Waals surface area contributed by atoms with E-state index < -0.39 is 0 Å². The highest BCUT2D eigenvalue weighted by Gasteiger charge is 2.34. The van der Waals surface area contributed by atoms with Gasteiger partial charge in [-0.25, -0.2) is 0 Å². The van der Waals surface area contributed by atoms with Crippen molar-refractivity contribution in [1.82, 2.24) is 10.2 Å². The first-order valence-electron chi connectivity index (χ1n) is 7.12. The first-order chi connectivity index (χ1) is 8.66. The molecule has 18 heavy (non-hydrogen) atoms. The number of rotatable bonds is 4. The van der Waals surface area contributed by atoms with E-state index in [9.17, 15) is 0 Å². The molecular formula is C16H26N2. The van der Waals surface area contributed by atoms with Gasteiger partial charge in [-0.1, -0.05) is 31.2 Å². The van der Waals surface area contributed by atoms with E-state index in [1.54, 1.807) is 0 Å². The Morgan fingerprint density at radius 1 is 1.06 bits per heavy atom. The third-order valence-electron chi connectivity index (χ3n) is 4.45. The molecule has 1 heterocycles. The lowest BCUT2D eigenvalue weighted by molar-refractivity contribution is 0.108. The van der Waals surface area contributed by atoms with Crippen LogP contribution in [0.4, 0.5) is 0 Å². The predicted molar refractivity (Wildman–Crippen MR) is 78.0 cm³/mol. The van der Waals surface area contributed by atoms with Gasteiger partial charge in [-0.2, -0.15) is 0 Å². The standard InChI is InChI=1S/C16H26N2/c1-4-14-5-7-15(8-6-14)13-16(18(2)3)9-11-17-12-10-16/h5-8,17H,4,9-13H2,1-3H3. The Labute approximate surface area is 111 Å². The number of likely N-dealkylation sites (N-methyl/N-ethyl adjacent to an activating group) is 1. The van der Waals surface area contributed by atoms with Crippen molar-refractivity contribution in [2.45, 2.75) is 38.1 Å². The molecule has 0 unspecified atom stereocenters. The van der Waals surface area contributed by atoms with Crippen LogP contribution in [0, 0.1) is 0 Å². The van der Waals surface area contributed by atoms with Gasteiger partial charge in [-0.3, -0.25) is 0 Å². The van der Waals surface area contributed by atoms with Gasteiger partial charge in [0.1, 0.15) is 0 Å². The summed E-state index contributed by atoms with van der Waals surface area (Å²) in [5.41, 5.74) is 3.25. The molecule has 0 spiro atoms. The molecule has 1 fully saturated rings. The quantitative estimate of drug-likeness (QED) is 0.878. The minimum Gasteiger partial charge on any atom is -0.317 e. The van der Waals surface area contributed by atoms with Gasteiger partial charge in [0.2, 0.25) is 0 Å². The second kappa shape index (κ2) is 5.85. The van der Waals surface area contributed by atoms with E-state index in [1.165, 1.54) is 30.4 Å². The van der Waals surface area contributed by atoms with Gasteiger partial charge in [0.05, 0.1) is 0 Å². The van der Waals surface area contributed by atoms with Crippen LogP contribution in [0.2, 0.25) is 0 Å². The lowest BCUT2D eigenvalue weighted by Crippen LogP contribution is -2.53. The van der Waals surface area contributed by atoms with E-state index in [4.69, 9.17) is 0 Å². The fourth-order valence-corrected chi connectivity index (χ4v) is 2.95. The largest absolute Gasteiger partial charge is 0.317 e. The number of benzene rings is 1. The predicted octanol–water partition coefficient (Wildman–Crippen LogP) is 2.48. The van der Waals surface area contributed by atoms with E-state index in [0.29, 0.717) is 5.54 Å². The van der Waals surface area contributed by atoms with Crippen LogP contribution in [0.5, 0.6) is 0 Å². The zero-order chi connectivity index (χ0) is 13.0. The van der Waals surface area contributed by atoms with E-state index in [1.807, 2.05) is 0 Å². The van der Waals surface area contributed by atoms with Gasteiger partial charge in [0.25, 0.3) is 0 Å². The molecule has 0 bridgehead atoms. The van der Waals surface area contributed by atoms with Gasteiger partial charge in [-0.15, -0.1) is 0 Å². The number of piperidine rings is 1. The molecule has 0 saturated carbocycles. The highest BCUT2D eigenvalue weighted by Crippen LogP contribution is 2.28. The number of hydrogen-bond acceptors (Lipinski definition) is 2. The summed E-state index contributed by atoms with van der Waals surface area (Å²) in [7, 11) is 4.46. The van der Waals surface area contributed by atoms with Gasteiger partial charge in [0.15, 0.2) is 0 Å². The lowest BCUT2D eigenvalue weighted by atomic mass is 9.81. The van der Waals surface area contributed by atoms with Crippen molar-refractivity contribution in [1.29, 1.82) is 0 Å². The topological polar surface area (TPSA) is 15.3 Å². The Morgan fingerprint density at radius 2 is 1.61 bits per heavy atom. The summed E-state index contributed by atoms with van der Waals surface area (Å²) in [4.78, 5) is 2.43. The van der Waals surface area contributed by atoms with Crippen LogP contribution < -0.4 is 5.32 Å². The normalized spacial score (nSPS) is 19.1. The molecule has 0 aromatic heterocycles. The fraction of sp³-hybridized carbons (Fsp3) is 0.625. The third-order valence-corrected chi connectivity index (χ3v) is 4.45. The molecule has 2 nitrogen and oxygen atoms in total. The van der Waals surface area contributed by atoms with Gasteiger partial charge in [-0.05, 0) is 64.0 Å². The Hall–Kier alpha value is -0.860. The van der Waals surface area contributed by atoms with Crippen molar-refractivity contribution in [3.05, 3.63) is 35.4 Å². The molecule has 0 atom stereocenters. The number of hydrogen-bond donors (Lipinski definition) is 1.